The number of hydrogen-bond acceptors (Lipinski definition) is 15. The van der Waals surface area contributed by atoms with E-state index in [0.717, 1.165) is 34.8 Å². The van der Waals surface area contributed by atoms with Gasteiger partial charge in [0.05, 0.1) is 18.4 Å². The Bertz CT molecular complexity index is 2800. The summed E-state index contributed by atoms with van der Waals surface area (Å²) >= 11 is 6.44. The Kier molecular flexibility index (Phi) is 10.5. The summed E-state index contributed by atoms with van der Waals surface area (Å²) in [6, 6.07) is 14.6. The third kappa shape index (κ3) is 7.76. The average molecular weight is 819 g/mol. The van der Waals surface area contributed by atoms with E-state index in [4.69, 9.17) is 11.6 Å². The molecule has 5 aromatic heterocycles. The van der Waals surface area contributed by atoms with Crippen LogP contribution in [0.5, 0.6) is 0 Å². The first-order chi connectivity index (χ1) is 26.6. The van der Waals surface area contributed by atoms with E-state index in [2.05, 4.69) is 56.3 Å². The molecular formula is C35H39ClN14O4S2. The molecule has 0 fully saturated rings. The summed E-state index contributed by atoms with van der Waals surface area (Å²) in [5, 5.41) is 28.0. The lowest BCUT2D eigenvalue weighted by Gasteiger charge is -2.17. The number of benzene rings is 2. The van der Waals surface area contributed by atoms with Gasteiger partial charge in [0.15, 0.2) is 17.1 Å². The van der Waals surface area contributed by atoms with Gasteiger partial charge >= 0.3 is 0 Å². The predicted octanol–water partition coefficient (Wildman–Crippen LogP) is 4.78. The normalized spacial score (nSPS) is 13.4. The number of tetrazole rings is 1. The minimum Gasteiger partial charge on any atom is -0.350 e. The third-order valence-electron chi connectivity index (χ3n) is 9.28. The Morgan fingerprint density at radius 3 is 2.04 bits per heavy atom. The van der Waals surface area contributed by atoms with E-state index < -0.39 is 19.7 Å². The summed E-state index contributed by atoms with van der Waals surface area (Å²) in [7, 11) is -7.50. The lowest BCUT2D eigenvalue weighted by Crippen LogP contribution is -2.16. The molecule has 0 radical (unpaired) electrons. The molecular weight excluding hydrogens is 780 g/mol. The minimum atomic E-state index is -3.78. The first-order valence-electron chi connectivity index (χ1n) is 17.6. The van der Waals surface area contributed by atoms with E-state index in [1.807, 2.05) is 70.2 Å². The molecule has 0 amide bonds. The monoisotopic (exact) mass is 818 g/mol. The van der Waals surface area contributed by atoms with Gasteiger partial charge in [0.1, 0.15) is 0 Å². The maximum atomic E-state index is 12.7. The zero-order valence-corrected chi connectivity index (χ0v) is 33.7. The predicted molar refractivity (Wildman–Crippen MR) is 209 cm³/mol. The van der Waals surface area contributed by atoms with Crippen LogP contribution in [0.4, 0.5) is 11.9 Å². The molecule has 0 aliphatic carbocycles. The van der Waals surface area contributed by atoms with Gasteiger partial charge in [0.25, 0.3) is 10.3 Å². The largest absolute Gasteiger partial charge is 0.350 e. The highest BCUT2D eigenvalue weighted by Gasteiger charge is 2.24. The van der Waals surface area contributed by atoms with Gasteiger partial charge in [-0.3, -0.25) is 0 Å². The lowest BCUT2D eigenvalue weighted by molar-refractivity contribution is 0.524. The summed E-state index contributed by atoms with van der Waals surface area (Å²) in [6.45, 7) is 8.49. The van der Waals surface area contributed by atoms with Gasteiger partial charge < -0.3 is 10.6 Å². The summed E-state index contributed by atoms with van der Waals surface area (Å²) < 4.78 is 55.2. The molecule has 0 aliphatic heterocycles. The van der Waals surface area contributed by atoms with E-state index >= 15 is 0 Å². The number of anilines is 2. The second-order valence-corrected chi connectivity index (χ2v) is 18.1. The molecule has 2 atom stereocenters. The van der Waals surface area contributed by atoms with Crippen LogP contribution in [0.15, 0.2) is 71.2 Å². The fraction of sp³-hybridized carbons (Fsp3) is 0.343. The van der Waals surface area contributed by atoms with Crippen molar-refractivity contribution in [3.8, 4) is 11.4 Å². The van der Waals surface area contributed by atoms with Crippen molar-refractivity contribution < 1.29 is 16.8 Å². The van der Waals surface area contributed by atoms with Gasteiger partial charge in [-0.2, -0.15) is 39.2 Å². The maximum Gasteiger partial charge on any atom is 0.252 e. The van der Waals surface area contributed by atoms with Crippen molar-refractivity contribution in [3.05, 3.63) is 88.2 Å². The first-order valence-corrected chi connectivity index (χ1v) is 21.8. The summed E-state index contributed by atoms with van der Waals surface area (Å²) in [6.07, 6.45) is 6.00. The van der Waals surface area contributed by atoms with Crippen LogP contribution < -0.4 is 10.6 Å². The number of nitrogens with zero attached hydrogens (tertiary/aromatic N) is 12. The van der Waals surface area contributed by atoms with Gasteiger partial charge in [-0.05, 0) is 52.8 Å². The molecule has 5 heterocycles. The van der Waals surface area contributed by atoms with Crippen molar-refractivity contribution in [3.63, 3.8) is 0 Å². The Hall–Kier alpha value is -5.60. The average Bonchev–Trinajstić information content (AvgIpc) is 3.91. The second kappa shape index (κ2) is 15.1. The topological polar surface area (TPSA) is 222 Å². The quantitative estimate of drug-likeness (QED) is 0.151. The number of halogens is 1. The maximum absolute atomic E-state index is 12.7. The van der Waals surface area contributed by atoms with Crippen LogP contribution in [-0.2, 0) is 32.8 Å². The molecule has 56 heavy (non-hydrogen) atoms. The van der Waals surface area contributed by atoms with Gasteiger partial charge in [0, 0.05) is 47.3 Å². The molecule has 0 spiro atoms. The zero-order valence-electron chi connectivity index (χ0n) is 31.3. The molecule has 0 saturated carbocycles. The number of sulfone groups is 2. The first kappa shape index (κ1) is 38.7. The van der Waals surface area contributed by atoms with E-state index in [0.29, 0.717) is 40.7 Å². The molecule has 0 saturated heterocycles. The summed E-state index contributed by atoms with van der Waals surface area (Å²) in [5.74, 6) is 0.837. The van der Waals surface area contributed by atoms with Crippen molar-refractivity contribution >= 4 is 54.5 Å². The zero-order chi connectivity index (χ0) is 39.9. The van der Waals surface area contributed by atoms with Crippen LogP contribution in [0.25, 0.3) is 22.7 Å². The van der Waals surface area contributed by atoms with Crippen molar-refractivity contribution in [2.75, 3.05) is 23.1 Å². The van der Waals surface area contributed by atoms with Crippen LogP contribution >= 0.6 is 11.6 Å². The van der Waals surface area contributed by atoms with E-state index in [-0.39, 0.29) is 46.6 Å². The summed E-state index contributed by atoms with van der Waals surface area (Å²) in [4.78, 5) is 17.4. The Labute approximate surface area is 327 Å². The number of aromatic nitrogens is 12. The number of fused-ring (bicyclic) bond motifs is 2. The molecule has 2 unspecified atom stereocenters. The van der Waals surface area contributed by atoms with E-state index in [9.17, 15) is 16.8 Å². The molecule has 18 nitrogen and oxygen atoms in total. The molecule has 2 aromatic carbocycles. The summed E-state index contributed by atoms with van der Waals surface area (Å²) in [5.41, 5.74) is 4.65. The highest BCUT2D eigenvalue weighted by molar-refractivity contribution is 7.90. The smallest absolute Gasteiger partial charge is 0.252 e. The highest BCUT2D eigenvalue weighted by atomic mass is 35.5. The second-order valence-electron chi connectivity index (χ2n) is 13.8. The Morgan fingerprint density at radius 1 is 0.750 bits per heavy atom. The number of aryl methyl sites for hydroxylation is 1. The fourth-order valence-corrected chi connectivity index (χ4v) is 7.54. The highest BCUT2D eigenvalue weighted by Crippen LogP contribution is 2.30. The van der Waals surface area contributed by atoms with Crippen LogP contribution in [0.1, 0.15) is 74.2 Å². The van der Waals surface area contributed by atoms with E-state index in [1.54, 1.807) is 23.1 Å². The number of nitrogens with one attached hydrogen (secondary N) is 2. The van der Waals surface area contributed by atoms with Crippen LogP contribution in [0, 0.1) is 0 Å². The number of hydrogen-bond donors (Lipinski definition) is 2. The molecule has 7 rings (SSSR count). The number of rotatable bonds is 14. The van der Waals surface area contributed by atoms with Gasteiger partial charge in [-0.1, -0.05) is 74.8 Å². The van der Waals surface area contributed by atoms with Crippen LogP contribution in [0.3, 0.4) is 0 Å². The Morgan fingerprint density at radius 2 is 1.36 bits per heavy atom. The SMILES string of the molecule is CC(C)c1cnn2c(NCc3ccccc3-c3nnnn3CCC(C)c3cnn4c(NC(C)c5ccccc5Cl)nc(S(C)(=O)=O)nc34)nc(S(C)(=O)=O)nc12. The van der Waals surface area contributed by atoms with Gasteiger partial charge in [-0.25, -0.2) is 21.5 Å². The molecule has 2 N–H and O–H groups in total. The fourth-order valence-electron chi connectivity index (χ4n) is 6.23. The lowest BCUT2D eigenvalue weighted by atomic mass is 10.0. The molecule has 0 bridgehead atoms. The molecule has 292 valence electrons. The minimum absolute atomic E-state index is 0.0549. The van der Waals surface area contributed by atoms with Crippen molar-refractivity contribution in [2.45, 2.75) is 75.4 Å². The molecule has 7 aromatic rings. The molecule has 21 heteroatoms. The van der Waals surface area contributed by atoms with E-state index in [1.165, 1.54) is 9.03 Å². The van der Waals surface area contributed by atoms with Gasteiger partial charge in [0.2, 0.25) is 31.6 Å². The third-order valence-corrected chi connectivity index (χ3v) is 11.3. The van der Waals surface area contributed by atoms with Crippen molar-refractivity contribution in [2.24, 2.45) is 0 Å². The van der Waals surface area contributed by atoms with Gasteiger partial charge in [-0.15, -0.1) is 5.10 Å². The van der Waals surface area contributed by atoms with Crippen LogP contribution in [0.2, 0.25) is 5.02 Å². The van der Waals surface area contributed by atoms with Crippen molar-refractivity contribution in [1.29, 1.82) is 0 Å². The Balaban J connectivity index is 1.14. The van der Waals surface area contributed by atoms with Crippen molar-refractivity contribution in [1.82, 2.24) is 59.4 Å². The standard InChI is InChI=1S/C35H39ClN14O4S2/c1-20(2)26-18-38-49-29(26)41-34(55(5,51)52)43-32(49)37-17-23-11-7-8-13-25(23)31-45-46-47-48(31)16-15-21(3)27-19-39-50-30(27)42-35(56(6,53)54)44-33(50)40-22(4)24-12-9-10-14-28(24)36/h7-14,18-22H,15-17H2,1-6H3,(H,37,41,43)(H,40,42,44). The molecule has 0 aliphatic rings. The van der Waals surface area contributed by atoms with Crippen LogP contribution in [-0.4, -0.2) is 88.7 Å².